The van der Waals surface area contributed by atoms with Crippen LogP contribution in [0.4, 0.5) is 0 Å². The minimum Gasteiger partial charge on any atom is -0.486 e. The molecule has 0 bridgehead atoms. The number of fused-ring (bicyclic) bond motifs is 1. The van der Waals surface area contributed by atoms with Gasteiger partial charge in [-0.05, 0) is 38.6 Å². The molecule has 0 aliphatic carbocycles. The van der Waals surface area contributed by atoms with E-state index in [1.807, 2.05) is 0 Å². The van der Waals surface area contributed by atoms with E-state index in [9.17, 15) is 0 Å². The van der Waals surface area contributed by atoms with Crippen molar-refractivity contribution in [1.82, 2.24) is 5.32 Å². The molecule has 1 spiro atoms. The van der Waals surface area contributed by atoms with Crippen LogP contribution in [0.15, 0.2) is 24.3 Å². The van der Waals surface area contributed by atoms with Crippen molar-refractivity contribution >= 4 is 11.8 Å². The molecule has 2 aliphatic rings. The minimum atomic E-state index is 0.0327. The quantitative estimate of drug-likeness (QED) is 0.839. The van der Waals surface area contributed by atoms with Gasteiger partial charge in [0.05, 0.1) is 0 Å². The molecule has 2 heterocycles. The summed E-state index contributed by atoms with van der Waals surface area (Å²) in [5.41, 5.74) is 1.35. The molecule has 0 saturated carbocycles. The Bertz CT molecular complexity index is 436. The molecule has 3 atom stereocenters. The summed E-state index contributed by atoms with van der Waals surface area (Å²) in [6.45, 7) is 2.32. The maximum Gasteiger partial charge on any atom is 0.124 e. The molecule has 1 aromatic rings. The standard InChI is InChI=1S/C15H21NOS/c1-11-15(8-5-9-18-11)10-13(16-2)12-6-3-4-7-14(12)17-15/h3-4,6-7,11,13,16H,5,8-10H2,1-2H3. The Morgan fingerprint density at radius 3 is 3.00 bits per heavy atom. The fourth-order valence-corrected chi connectivity index (χ4v) is 4.45. The van der Waals surface area contributed by atoms with Gasteiger partial charge in [0.1, 0.15) is 11.4 Å². The maximum atomic E-state index is 6.44. The van der Waals surface area contributed by atoms with E-state index in [-0.39, 0.29) is 5.60 Å². The lowest BCUT2D eigenvalue weighted by Gasteiger charge is -2.47. The highest BCUT2D eigenvalue weighted by atomic mass is 32.2. The molecular formula is C15H21NOS. The van der Waals surface area contributed by atoms with Gasteiger partial charge in [0.2, 0.25) is 0 Å². The lowest BCUT2D eigenvalue weighted by molar-refractivity contribution is 0.0213. The zero-order chi connectivity index (χ0) is 12.6. The van der Waals surface area contributed by atoms with Gasteiger partial charge in [-0.25, -0.2) is 0 Å². The molecule has 0 amide bonds. The first-order chi connectivity index (χ1) is 8.75. The average Bonchev–Trinajstić information content (AvgIpc) is 2.41. The van der Waals surface area contributed by atoms with Gasteiger partial charge >= 0.3 is 0 Å². The summed E-state index contributed by atoms with van der Waals surface area (Å²) in [4.78, 5) is 0. The van der Waals surface area contributed by atoms with Gasteiger partial charge < -0.3 is 10.1 Å². The van der Waals surface area contributed by atoms with Crippen LogP contribution in [0, 0.1) is 0 Å². The van der Waals surface area contributed by atoms with Gasteiger partial charge in [-0.15, -0.1) is 0 Å². The van der Waals surface area contributed by atoms with Crippen molar-refractivity contribution in [2.75, 3.05) is 12.8 Å². The first kappa shape index (κ1) is 12.4. The molecule has 3 heteroatoms. The molecule has 0 radical (unpaired) electrons. The van der Waals surface area contributed by atoms with Crippen LogP contribution in [0.1, 0.15) is 37.8 Å². The molecule has 3 unspecified atom stereocenters. The minimum absolute atomic E-state index is 0.0327. The first-order valence-electron chi connectivity index (χ1n) is 6.82. The highest BCUT2D eigenvalue weighted by Crippen LogP contribution is 2.48. The van der Waals surface area contributed by atoms with Gasteiger partial charge in [-0.1, -0.05) is 18.2 Å². The van der Waals surface area contributed by atoms with Crippen molar-refractivity contribution in [3.8, 4) is 5.75 Å². The summed E-state index contributed by atoms with van der Waals surface area (Å²) in [7, 11) is 2.06. The number of rotatable bonds is 1. The lowest BCUT2D eigenvalue weighted by Crippen LogP contribution is -2.51. The van der Waals surface area contributed by atoms with E-state index in [0.29, 0.717) is 11.3 Å². The number of thioether (sulfide) groups is 1. The second-order valence-electron chi connectivity index (χ2n) is 5.37. The third kappa shape index (κ3) is 1.94. The summed E-state index contributed by atoms with van der Waals surface area (Å²) in [6.07, 6.45) is 3.55. The van der Waals surface area contributed by atoms with Crippen molar-refractivity contribution in [2.45, 2.75) is 43.1 Å². The molecule has 1 fully saturated rings. The van der Waals surface area contributed by atoms with Crippen LogP contribution in [0.5, 0.6) is 5.75 Å². The third-order valence-corrected chi connectivity index (χ3v) is 5.81. The second-order valence-corrected chi connectivity index (χ2v) is 6.82. The Morgan fingerprint density at radius 1 is 1.39 bits per heavy atom. The molecule has 2 nitrogen and oxygen atoms in total. The van der Waals surface area contributed by atoms with Crippen LogP contribution in [0.25, 0.3) is 0 Å². The number of para-hydroxylation sites is 1. The molecule has 2 aliphatic heterocycles. The van der Waals surface area contributed by atoms with E-state index < -0.39 is 0 Å². The van der Waals surface area contributed by atoms with Crippen LogP contribution in [0.3, 0.4) is 0 Å². The topological polar surface area (TPSA) is 21.3 Å². The molecule has 1 saturated heterocycles. The molecular weight excluding hydrogens is 242 g/mol. The average molecular weight is 263 g/mol. The van der Waals surface area contributed by atoms with Gasteiger partial charge in [0.15, 0.2) is 0 Å². The fourth-order valence-electron chi connectivity index (χ4n) is 3.22. The Balaban J connectivity index is 1.98. The van der Waals surface area contributed by atoms with Crippen molar-refractivity contribution in [2.24, 2.45) is 0 Å². The summed E-state index contributed by atoms with van der Waals surface area (Å²) >= 11 is 2.06. The van der Waals surface area contributed by atoms with E-state index in [2.05, 4.69) is 55.3 Å². The number of hydrogen-bond donors (Lipinski definition) is 1. The molecule has 98 valence electrons. The maximum absolute atomic E-state index is 6.44. The smallest absolute Gasteiger partial charge is 0.124 e. The Kier molecular flexibility index (Phi) is 3.29. The number of nitrogens with one attached hydrogen (secondary N) is 1. The molecule has 0 aromatic heterocycles. The van der Waals surface area contributed by atoms with Crippen molar-refractivity contribution in [1.29, 1.82) is 0 Å². The Labute approximate surface area is 113 Å². The number of benzene rings is 1. The molecule has 1 N–H and O–H groups in total. The van der Waals surface area contributed by atoms with E-state index in [4.69, 9.17) is 4.74 Å². The summed E-state index contributed by atoms with van der Waals surface area (Å²) in [5, 5.41) is 4.04. The summed E-state index contributed by atoms with van der Waals surface area (Å²) in [6, 6.07) is 8.90. The van der Waals surface area contributed by atoms with Gasteiger partial charge in [-0.3, -0.25) is 0 Å². The van der Waals surface area contributed by atoms with Crippen LogP contribution in [0.2, 0.25) is 0 Å². The highest BCUT2D eigenvalue weighted by molar-refractivity contribution is 8.00. The van der Waals surface area contributed by atoms with Gasteiger partial charge in [-0.2, -0.15) is 11.8 Å². The lowest BCUT2D eigenvalue weighted by atomic mass is 9.82. The van der Waals surface area contributed by atoms with Crippen molar-refractivity contribution < 1.29 is 4.74 Å². The summed E-state index contributed by atoms with van der Waals surface area (Å²) < 4.78 is 6.44. The van der Waals surface area contributed by atoms with E-state index in [0.717, 1.165) is 12.2 Å². The first-order valence-corrected chi connectivity index (χ1v) is 7.87. The van der Waals surface area contributed by atoms with Crippen molar-refractivity contribution in [3.63, 3.8) is 0 Å². The van der Waals surface area contributed by atoms with E-state index >= 15 is 0 Å². The molecule has 18 heavy (non-hydrogen) atoms. The number of ether oxygens (including phenoxy) is 1. The normalized spacial score (nSPS) is 35.0. The third-order valence-electron chi connectivity index (χ3n) is 4.36. The zero-order valence-electron chi connectivity index (χ0n) is 11.1. The second kappa shape index (κ2) is 4.78. The fraction of sp³-hybridized carbons (Fsp3) is 0.600. The largest absolute Gasteiger partial charge is 0.486 e. The van der Waals surface area contributed by atoms with Crippen LogP contribution in [-0.4, -0.2) is 23.7 Å². The molecule has 1 aromatic carbocycles. The zero-order valence-corrected chi connectivity index (χ0v) is 11.9. The Morgan fingerprint density at radius 2 is 2.22 bits per heavy atom. The van der Waals surface area contributed by atoms with Crippen LogP contribution < -0.4 is 10.1 Å². The van der Waals surface area contributed by atoms with Gasteiger partial charge in [0.25, 0.3) is 0 Å². The highest BCUT2D eigenvalue weighted by Gasteiger charge is 2.46. The van der Waals surface area contributed by atoms with Crippen molar-refractivity contribution in [3.05, 3.63) is 29.8 Å². The van der Waals surface area contributed by atoms with Crippen LogP contribution >= 0.6 is 11.8 Å². The predicted octanol–water partition coefficient (Wildman–Crippen LogP) is 3.38. The molecule has 3 rings (SSSR count). The van der Waals surface area contributed by atoms with E-state index in [1.165, 1.54) is 24.2 Å². The predicted molar refractivity (Wildman–Crippen MR) is 77.4 cm³/mol. The monoisotopic (exact) mass is 263 g/mol. The van der Waals surface area contributed by atoms with E-state index in [1.54, 1.807) is 0 Å². The SMILES string of the molecule is CNC1CC2(CCCSC2C)Oc2ccccc21. The summed E-state index contributed by atoms with van der Waals surface area (Å²) in [5.74, 6) is 2.36. The number of hydrogen-bond acceptors (Lipinski definition) is 3. The van der Waals surface area contributed by atoms with Gasteiger partial charge in [0, 0.05) is 23.3 Å². The van der Waals surface area contributed by atoms with Crippen LogP contribution in [-0.2, 0) is 0 Å². The Hall–Kier alpha value is -0.670.